The van der Waals surface area contributed by atoms with Crippen LogP contribution in [0.3, 0.4) is 0 Å². The first-order valence-corrected chi connectivity index (χ1v) is 10.3. The maximum atomic E-state index is 10.2. The molecule has 0 N–H and O–H groups in total. The Hall–Kier alpha value is -2.82. The average Bonchev–Trinajstić information content (AvgIpc) is 3.13. The molecule has 158 valence electrons. The molecule has 2 fully saturated rings. The molecule has 2 aliphatic rings. The molecule has 2 aromatic heterocycles. The molecule has 1 aromatic carbocycles. The summed E-state index contributed by atoms with van der Waals surface area (Å²) in [6, 6.07) is 10.7. The van der Waals surface area contributed by atoms with Gasteiger partial charge in [-0.25, -0.2) is 4.98 Å². The van der Waals surface area contributed by atoms with Crippen molar-refractivity contribution in [3.8, 4) is 6.07 Å². The normalized spacial score (nSPS) is 17.9. The number of ether oxygens (including phenoxy) is 1. The Morgan fingerprint density at radius 2 is 1.70 bits per heavy atom. The number of piperazine rings is 1. The second-order valence-electron chi connectivity index (χ2n) is 7.93. The SMILES string of the molecule is C.Cc1c(N2CCN(C)CC2)c(C#N)c2nc3ccccc3n2c1N1CCOCC1. The topological polar surface area (TPSA) is 60.0 Å². The zero-order chi connectivity index (χ0) is 20.0. The first-order chi connectivity index (χ1) is 14.2. The Labute approximate surface area is 178 Å². The first kappa shape index (κ1) is 20.5. The van der Waals surface area contributed by atoms with E-state index in [0.29, 0.717) is 5.56 Å². The molecule has 2 aliphatic heterocycles. The summed E-state index contributed by atoms with van der Waals surface area (Å²) in [5, 5.41) is 10.2. The van der Waals surface area contributed by atoms with E-state index in [1.165, 1.54) is 0 Å². The third-order valence-corrected chi connectivity index (χ3v) is 6.17. The lowest BCUT2D eigenvalue weighted by Crippen LogP contribution is -2.45. The van der Waals surface area contributed by atoms with Crippen molar-refractivity contribution in [2.75, 3.05) is 69.3 Å². The third-order valence-electron chi connectivity index (χ3n) is 6.17. The van der Waals surface area contributed by atoms with Crippen LogP contribution in [0.5, 0.6) is 0 Å². The van der Waals surface area contributed by atoms with Crippen molar-refractivity contribution in [2.45, 2.75) is 14.4 Å². The van der Waals surface area contributed by atoms with Crippen molar-refractivity contribution in [2.24, 2.45) is 0 Å². The summed E-state index contributed by atoms with van der Waals surface area (Å²) in [5.74, 6) is 1.14. The summed E-state index contributed by atoms with van der Waals surface area (Å²) in [4.78, 5) is 12.0. The number of morpholine rings is 1. The number of fused-ring (bicyclic) bond motifs is 3. The predicted octanol–water partition coefficient (Wildman–Crippen LogP) is 2.89. The van der Waals surface area contributed by atoms with Crippen LogP contribution in [0.25, 0.3) is 16.7 Å². The molecule has 0 amide bonds. The van der Waals surface area contributed by atoms with Gasteiger partial charge in [0.25, 0.3) is 0 Å². The van der Waals surface area contributed by atoms with Crippen LogP contribution in [0.2, 0.25) is 0 Å². The van der Waals surface area contributed by atoms with Crippen molar-refractivity contribution in [3.63, 3.8) is 0 Å². The largest absolute Gasteiger partial charge is 0.378 e. The lowest BCUT2D eigenvalue weighted by atomic mass is 10.1. The molecule has 0 aliphatic carbocycles. The van der Waals surface area contributed by atoms with E-state index in [4.69, 9.17) is 9.72 Å². The summed E-state index contributed by atoms with van der Waals surface area (Å²) in [6.07, 6.45) is 0. The van der Waals surface area contributed by atoms with Gasteiger partial charge >= 0.3 is 0 Å². The van der Waals surface area contributed by atoms with Gasteiger partial charge in [0.2, 0.25) is 0 Å². The van der Waals surface area contributed by atoms with E-state index in [0.717, 1.165) is 86.2 Å². The number of rotatable bonds is 2. The van der Waals surface area contributed by atoms with Crippen LogP contribution in [-0.4, -0.2) is 73.8 Å². The molecule has 0 radical (unpaired) electrons. The second-order valence-corrected chi connectivity index (χ2v) is 7.93. The Balaban J connectivity index is 0.00000218. The van der Waals surface area contributed by atoms with Crippen molar-refractivity contribution in [1.82, 2.24) is 14.3 Å². The van der Waals surface area contributed by atoms with E-state index in [9.17, 15) is 5.26 Å². The number of nitrogens with zero attached hydrogens (tertiary/aromatic N) is 6. The number of anilines is 2. The van der Waals surface area contributed by atoms with E-state index < -0.39 is 0 Å². The number of nitriles is 1. The minimum atomic E-state index is 0. The van der Waals surface area contributed by atoms with Gasteiger partial charge in [0, 0.05) is 44.8 Å². The molecular weight excluding hydrogens is 376 g/mol. The number of aromatic nitrogens is 2. The van der Waals surface area contributed by atoms with Gasteiger partial charge in [-0.15, -0.1) is 0 Å². The Morgan fingerprint density at radius 3 is 2.40 bits per heavy atom. The van der Waals surface area contributed by atoms with Crippen LogP contribution in [0.1, 0.15) is 18.6 Å². The predicted molar refractivity (Wildman–Crippen MR) is 122 cm³/mol. The number of likely N-dealkylation sites (N-methyl/N-ethyl adjacent to an activating group) is 1. The maximum Gasteiger partial charge on any atom is 0.159 e. The fourth-order valence-electron chi connectivity index (χ4n) is 4.66. The van der Waals surface area contributed by atoms with Gasteiger partial charge in [-0.05, 0) is 26.1 Å². The highest BCUT2D eigenvalue weighted by Gasteiger charge is 2.28. The molecule has 0 bridgehead atoms. The summed E-state index contributed by atoms with van der Waals surface area (Å²) in [6.45, 7) is 9.13. The van der Waals surface area contributed by atoms with Crippen LogP contribution in [-0.2, 0) is 4.74 Å². The van der Waals surface area contributed by atoms with Crippen molar-refractivity contribution in [3.05, 3.63) is 35.4 Å². The first-order valence-electron chi connectivity index (χ1n) is 10.3. The summed E-state index contributed by atoms with van der Waals surface area (Å²) in [7, 11) is 2.15. The minimum absolute atomic E-state index is 0. The molecule has 3 aromatic rings. The highest BCUT2D eigenvalue weighted by Crippen LogP contribution is 2.38. The fraction of sp³-hybridized carbons (Fsp3) is 0.478. The number of hydrogen-bond acceptors (Lipinski definition) is 6. The van der Waals surface area contributed by atoms with Crippen LogP contribution >= 0.6 is 0 Å². The molecule has 7 nitrogen and oxygen atoms in total. The van der Waals surface area contributed by atoms with Gasteiger partial charge in [0.15, 0.2) is 5.65 Å². The zero-order valence-corrected chi connectivity index (χ0v) is 17.1. The van der Waals surface area contributed by atoms with Gasteiger partial charge in [-0.2, -0.15) is 5.26 Å². The summed E-state index contributed by atoms with van der Waals surface area (Å²) >= 11 is 0. The molecule has 2 saturated heterocycles. The third kappa shape index (κ3) is 3.17. The Bertz CT molecular complexity index is 1100. The monoisotopic (exact) mass is 406 g/mol. The van der Waals surface area contributed by atoms with Gasteiger partial charge < -0.3 is 19.4 Å². The van der Waals surface area contributed by atoms with Gasteiger partial charge in [0.05, 0.1) is 29.9 Å². The van der Waals surface area contributed by atoms with Crippen LogP contribution < -0.4 is 9.80 Å². The molecular formula is C23H30N6O. The van der Waals surface area contributed by atoms with Crippen LogP contribution in [0, 0.1) is 18.3 Å². The van der Waals surface area contributed by atoms with Crippen LogP contribution in [0.15, 0.2) is 24.3 Å². The van der Waals surface area contributed by atoms with Crippen molar-refractivity contribution in [1.29, 1.82) is 5.26 Å². The smallest absolute Gasteiger partial charge is 0.159 e. The summed E-state index contributed by atoms with van der Waals surface area (Å²) in [5.41, 5.74) is 5.62. The second kappa shape index (κ2) is 8.13. The van der Waals surface area contributed by atoms with Gasteiger partial charge in [0.1, 0.15) is 17.5 Å². The molecule has 0 unspecified atom stereocenters. The Kier molecular flexibility index (Phi) is 5.54. The van der Waals surface area contributed by atoms with Crippen molar-refractivity contribution >= 4 is 28.2 Å². The minimum Gasteiger partial charge on any atom is -0.378 e. The fourth-order valence-corrected chi connectivity index (χ4v) is 4.66. The van der Waals surface area contributed by atoms with E-state index in [1.54, 1.807) is 0 Å². The van der Waals surface area contributed by atoms with E-state index in [2.05, 4.69) is 45.2 Å². The lowest BCUT2D eigenvalue weighted by molar-refractivity contribution is 0.122. The van der Waals surface area contributed by atoms with E-state index in [-0.39, 0.29) is 7.43 Å². The highest BCUT2D eigenvalue weighted by molar-refractivity contribution is 5.90. The van der Waals surface area contributed by atoms with Crippen molar-refractivity contribution < 1.29 is 4.74 Å². The molecule has 30 heavy (non-hydrogen) atoms. The molecule has 7 heteroatoms. The molecule has 0 saturated carbocycles. The van der Waals surface area contributed by atoms with E-state index >= 15 is 0 Å². The number of benzene rings is 1. The quantitative estimate of drug-likeness (QED) is 0.652. The molecule has 5 rings (SSSR count). The highest BCUT2D eigenvalue weighted by atomic mass is 16.5. The van der Waals surface area contributed by atoms with E-state index in [1.807, 2.05) is 18.2 Å². The van der Waals surface area contributed by atoms with Gasteiger partial charge in [-0.1, -0.05) is 19.6 Å². The van der Waals surface area contributed by atoms with Crippen LogP contribution in [0.4, 0.5) is 11.5 Å². The number of para-hydroxylation sites is 2. The molecule has 0 atom stereocenters. The standard InChI is InChI=1S/C22H26N6O.CH4/c1-16-20(26-9-7-25(2)8-10-26)17(15-23)21-24-18-5-3-4-6-19(18)28(21)22(16)27-11-13-29-14-12-27;/h3-6H,7-14H2,1-2H3;1H4. The zero-order valence-electron chi connectivity index (χ0n) is 17.1. The maximum absolute atomic E-state index is 10.2. The molecule has 4 heterocycles. The lowest BCUT2D eigenvalue weighted by Gasteiger charge is -2.37. The number of hydrogen-bond donors (Lipinski definition) is 0. The summed E-state index contributed by atoms with van der Waals surface area (Å²) < 4.78 is 7.80. The molecule has 0 spiro atoms. The average molecular weight is 407 g/mol. The number of imidazole rings is 1. The number of pyridine rings is 1. The van der Waals surface area contributed by atoms with Gasteiger partial charge in [-0.3, -0.25) is 4.40 Å². The Morgan fingerprint density at radius 1 is 1.00 bits per heavy atom.